The third-order valence-electron chi connectivity index (χ3n) is 4.97. The maximum Gasteiger partial charge on any atom is 0.416 e. The zero-order chi connectivity index (χ0) is 20.3. The van der Waals surface area contributed by atoms with Gasteiger partial charge in [-0.1, -0.05) is 12.1 Å². The average Bonchev–Trinajstić information content (AvgIpc) is 2.64. The van der Waals surface area contributed by atoms with Crippen LogP contribution in [0.15, 0.2) is 36.4 Å². The Labute approximate surface area is 161 Å². The number of benzene rings is 2. The van der Waals surface area contributed by atoms with Gasteiger partial charge in [0.25, 0.3) is 0 Å². The van der Waals surface area contributed by atoms with E-state index < -0.39 is 11.7 Å². The van der Waals surface area contributed by atoms with E-state index in [2.05, 4.69) is 5.32 Å². The van der Waals surface area contributed by atoms with Gasteiger partial charge in [0.15, 0.2) is 0 Å². The van der Waals surface area contributed by atoms with Crippen LogP contribution in [0.1, 0.15) is 48.1 Å². The summed E-state index contributed by atoms with van der Waals surface area (Å²) < 4.78 is 43.2. The number of carbonyl (C=O) groups excluding carboxylic acids is 1. The number of halogens is 3. The molecule has 0 aromatic heterocycles. The molecule has 0 heterocycles. The quantitative estimate of drug-likeness (QED) is 0.562. The number of nitrogens with one attached hydrogen (secondary N) is 1. The van der Waals surface area contributed by atoms with Gasteiger partial charge in [-0.15, -0.1) is 0 Å². The molecule has 0 amide bonds. The minimum Gasteiger partial charge on any atom is -0.466 e. The van der Waals surface area contributed by atoms with Crippen LogP contribution in [-0.2, 0) is 28.5 Å². The number of hydrogen-bond donors (Lipinski definition) is 2. The van der Waals surface area contributed by atoms with Crippen LogP contribution in [0.3, 0.4) is 0 Å². The van der Waals surface area contributed by atoms with Gasteiger partial charge in [0, 0.05) is 11.4 Å². The molecule has 2 aromatic carbocycles. The highest BCUT2D eigenvalue weighted by molar-refractivity contribution is 5.76. The molecule has 28 heavy (non-hydrogen) atoms. The first-order valence-electron chi connectivity index (χ1n) is 9.29. The smallest absolute Gasteiger partial charge is 0.416 e. The Morgan fingerprint density at radius 3 is 2.57 bits per heavy atom. The van der Waals surface area contributed by atoms with Gasteiger partial charge in [0.2, 0.25) is 0 Å². The van der Waals surface area contributed by atoms with Gasteiger partial charge in [-0.25, -0.2) is 0 Å². The summed E-state index contributed by atoms with van der Waals surface area (Å²) in [5.74, 6) is -0.315. The number of anilines is 2. The van der Waals surface area contributed by atoms with E-state index in [-0.39, 0.29) is 18.4 Å². The molecule has 0 radical (unpaired) electrons. The van der Waals surface area contributed by atoms with Crippen molar-refractivity contribution in [1.29, 1.82) is 0 Å². The minimum absolute atomic E-state index is 0.0422. The molecule has 3 rings (SSSR count). The van der Waals surface area contributed by atoms with Crippen LogP contribution < -0.4 is 11.1 Å². The molecule has 0 saturated heterocycles. The molecule has 0 spiro atoms. The van der Waals surface area contributed by atoms with Crippen molar-refractivity contribution in [2.24, 2.45) is 0 Å². The SMILES string of the molecule is CCOC(=O)Cc1ccc2c(c1N)CCCC2Nc1ccc(C(F)(F)F)cc1. The van der Waals surface area contributed by atoms with Crippen molar-refractivity contribution in [3.8, 4) is 0 Å². The van der Waals surface area contributed by atoms with Gasteiger partial charge in [0.05, 0.1) is 24.6 Å². The molecule has 1 aliphatic carbocycles. The van der Waals surface area contributed by atoms with E-state index in [1.807, 2.05) is 12.1 Å². The lowest BCUT2D eigenvalue weighted by atomic mass is 9.84. The molecular formula is C21H23F3N2O2. The molecule has 0 bridgehead atoms. The second kappa shape index (κ2) is 8.12. The summed E-state index contributed by atoms with van der Waals surface area (Å²) in [6, 6.07) is 8.76. The van der Waals surface area contributed by atoms with E-state index in [0.29, 0.717) is 18.0 Å². The second-order valence-corrected chi connectivity index (χ2v) is 6.85. The predicted octanol–water partition coefficient (Wildman–Crippen LogP) is 4.88. The van der Waals surface area contributed by atoms with E-state index in [0.717, 1.165) is 48.1 Å². The molecule has 2 aromatic rings. The Morgan fingerprint density at radius 1 is 1.21 bits per heavy atom. The molecule has 1 aliphatic rings. The summed E-state index contributed by atoms with van der Waals surface area (Å²) in [6.45, 7) is 2.08. The van der Waals surface area contributed by atoms with Crippen LogP contribution in [0.5, 0.6) is 0 Å². The van der Waals surface area contributed by atoms with E-state index in [4.69, 9.17) is 10.5 Å². The number of hydrogen-bond acceptors (Lipinski definition) is 4. The average molecular weight is 392 g/mol. The Bertz CT molecular complexity index is 848. The van der Waals surface area contributed by atoms with Crippen molar-refractivity contribution in [3.05, 3.63) is 58.7 Å². The zero-order valence-electron chi connectivity index (χ0n) is 15.6. The minimum atomic E-state index is -4.35. The number of nitrogens with two attached hydrogens (primary N) is 1. The van der Waals surface area contributed by atoms with Gasteiger partial charge in [-0.3, -0.25) is 4.79 Å². The standard InChI is InChI=1S/C21H23F3N2O2/c1-2-28-19(27)12-13-6-11-16-17(20(13)25)4-3-5-18(16)26-15-9-7-14(8-10-15)21(22,23)24/h6-11,18,26H,2-5,12,25H2,1H3. The van der Waals surface area contributed by atoms with Crippen molar-refractivity contribution in [3.63, 3.8) is 0 Å². The highest BCUT2D eigenvalue weighted by Gasteiger charge is 2.30. The number of nitrogen functional groups attached to an aromatic ring is 1. The first-order valence-corrected chi connectivity index (χ1v) is 9.29. The number of carbonyl (C=O) groups is 1. The van der Waals surface area contributed by atoms with Gasteiger partial charge in [-0.05, 0) is 67.1 Å². The zero-order valence-corrected chi connectivity index (χ0v) is 15.6. The highest BCUT2D eigenvalue weighted by Crippen LogP contribution is 2.37. The second-order valence-electron chi connectivity index (χ2n) is 6.85. The van der Waals surface area contributed by atoms with Crippen LogP contribution >= 0.6 is 0 Å². The summed E-state index contributed by atoms with van der Waals surface area (Å²) in [4.78, 5) is 11.8. The fourth-order valence-electron chi connectivity index (χ4n) is 3.60. The van der Waals surface area contributed by atoms with Crippen molar-refractivity contribution in [2.75, 3.05) is 17.7 Å². The number of rotatable bonds is 5. The van der Waals surface area contributed by atoms with Crippen molar-refractivity contribution < 1.29 is 22.7 Å². The molecule has 3 N–H and O–H groups in total. The monoisotopic (exact) mass is 392 g/mol. The van der Waals surface area contributed by atoms with Gasteiger partial charge in [0.1, 0.15) is 0 Å². The molecule has 1 atom stereocenters. The summed E-state index contributed by atoms with van der Waals surface area (Å²) in [5.41, 5.74) is 9.63. The topological polar surface area (TPSA) is 64.3 Å². The lowest BCUT2D eigenvalue weighted by molar-refractivity contribution is -0.142. The van der Waals surface area contributed by atoms with Crippen LogP contribution in [0.25, 0.3) is 0 Å². The molecule has 150 valence electrons. The molecule has 0 saturated carbocycles. The largest absolute Gasteiger partial charge is 0.466 e. The maximum absolute atomic E-state index is 12.7. The first-order chi connectivity index (χ1) is 13.3. The van der Waals surface area contributed by atoms with Crippen LogP contribution in [0, 0.1) is 0 Å². The number of fused-ring (bicyclic) bond motifs is 1. The number of esters is 1. The van der Waals surface area contributed by atoms with Crippen LogP contribution in [-0.4, -0.2) is 12.6 Å². The van der Waals surface area contributed by atoms with E-state index in [1.165, 1.54) is 12.1 Å². The molecule has 7 heteroatoms. The van der Waals surface area contributed by atoms with Gasteiger partial charge >= 0.3 is 12.1 Å². The van der Waals surface area contributed by atoms with Crippen molar-refractivity contribution in [1.82, 2.24) is 0 Å². The molecular weight excluding hydrogens is 369 g/mol. The predicted molar refractivity (Wildman–Crippen MR) is 102 cm³/mol. The summed E-state index contributed by atoms with van der Waals surface area (Å²) in [7, 11) is 0. The number of alkyl halides is 3. The van der Waals surface area contributed by atoms with Gasteiger partial charge < -0.3 is 15.8 Å². The summed E-state index contributed by atoms with van der Waals surface area (Å²) in [6.07, 6.45) is -1.66. The summed E-state index contributed by atoms with van der Waals surface area (Å²) in [5, 5.41) is 3.31. The Morgan fingerprint density at radius 2 is 1.93 bits per heavy atom. The highest BCUT2D eigenvalue weighted by atomic mass is 19.4. The van der Waals surface area contributed by atoms with E-state index >= 15 is 0 Å². The molecule has 4 nitrogen and oxygen atoms in total. The number of ether oxygens (including phenoxy) is 1. The third kappa shape index (κ3) is 4.40. The Hall–Kier alpha value is -2.70. The van der Waals surface area contributed by atoms with Crippen LogP contribution in [0.2, 0.25) is 0 Å². The first kappa shape index (κ1) is 20.0. The Balaban J connectivity index is 1.80. The fourth-order valence-corrected chi connectivity index (χ4v) is 3.60. The fraction of sp³-hybridized carbons (Fsp3) is 0.381. The molecule has 0 aliphatic heterocycles. The van der Waals surface area contributed by atoms with Crippen molar-refractivity contribution in [2.45, 2.75) is 44.8 Å². The maximum atomic E-state index is 12.7. The third-order valence-corrected chi connectivity index (χ3v) is 4.97. The lowest BCUT2D eigenvalue weighted by Crippen LogP contribution is -2.20. The van der Waals surface area contributed by atoms with E-state index in [1.54, 1.807) is 6.92 Å². The molecule has 0 fully saturated rings. The Kier molecular flexibility index (Phi) is 5.82. The lowest BCUT2D eigenvalue weighted by Gasteiger charge is -2.29. The van der Waals surface area contributed by atoms with Crippen LogP contribution in [0.4, 0.5) is 24.5 Å². The normalized spacial score (nSPS) is 16.4. The van der Waals surface area contributed by atoms with E-state index in [9.17, 15) is 18.0 Å². The van der Waals surface area contributed by atoms with Gasteiger partial charge in [-0.2, -0.15) is 13.2 Å². The molecule has 1 unspecified atom stereocenters. The summed E-state index contributed by atoms with van der Waals surface area (Å²) >= 11 is 0. The van der Waals surface area contributed by atoms with Crippen molar-refractivity contribution >= 4 is 17.3 Å².